The van der Waals surface area contributed by atoms with E-state index in [1.54, 1.807) is 56.7 Å². The molecule has 0 unspecified atom stereocenters. The summed E-state index contributed by atoms with van der Waals surface area (Å²) < 4.78 is 5.23. The fraction of sp³-hybridized carbons (Fsp3) is 0.167. The number of aromatic nitrogens is 1. The zero-order valence-corrected chi connectivity index (χ0v) is 13.8. The van der Waals surface area contributed by atoms with Crippen LogP contribution in [0.5, 0.6) is 5.75 Å². The number of hydrogen-bond donors (Lipinski definition) is 1. The topological polar surface area (TPSA) is 71.5 Å². The zero-order valence-electron chi connectivity index (χ0n) is 13.8. The summed E-state index contributed by atoms with van der Waals surface area (Å²) in [4.78, 5) is 29.7. The van der Waals surface area contributed by atoms with Crippen molar-refractivity contribution >= 4 is 23.6 Å². The van der Waals surface area contributed by atoms with Crippen LogP contribution in [0, 0.1) is 0 Å². The van der Waals surface area contributed by atoms with Crippen molar-refractivity contribution in [3.05, 3.63) is 59.9 Å². The molecule has 1 aromatic carbocycles. The van der Waals surface area contributed by atoms with Gasteiger partial charge in [-0.2, -0.15) is 0 Å². The van der Waals surface area contributed by atoms with Crippen molar-refractivity contribution in [2.75, 3.05) is 26.5 Å². The molecule has 124 valence electrons. The number of pyridine rings is 1. The second-order valence-electron chi connectivity index (χ2n) is 5.19. The molecule has 0 spiro atoms. The van der Waals surface area contributed by atoms with Crippen molar-refractivity contribution in [3.8, 4) is 5.75 Å². The lowest BCUT2D eigenvalue weighted by atomic mass is 10.1. The second-order valence-corrected chi connectivity index (χ2v) is 5.19. The van der Waals surface area contributed by atoms with E-state index in [0.29, 0.717) is 22.7 Å². The van der Waals surface area contributed by atoms with Gasteiger partial charge in [0.1, 0.15) is 5.75 Å². The monoisotopic (exact) mass is 325 g/mol. The number of ether oxygens (including phenoxy) is 1. The molecule has 6 nitrogen and oxygen atoms in total. The molecule has 0 radical (unpaired) electrons. The smallest absolute Gasteiger partial charge is 0.253 e. The lowest BCUT2D eigenvalue weighted by Gasteiger charge is -2.13. The normalized spacial score (nSPS) is 10.5. The summed E-state index contributed by atoms with van der Waals surface area (Å²) in [5, 5.41) is 2.72. The molecule has 6 heteroatoms. The van der Waals surface area contributed by atoms with Crippen molar-refractivity contribution in [2.45, 2.75) is 0 Å². The van der Waals surface area contributed by atoms with Crippen LogP contribution in [0.3, 0.4) is 0 Å². The number of carbonyl (C=O) groups is 2. The molecule has 0 fully saturated rings. The van der Waals surface area contributed by atoms with E-state index in [2.05, 4.69) is 10.3 Å². The number of carbonyl (C=O) groups excluding carboxylic acids is 2. The molecular formula is C18H19N3O3. The van der Waals surface area contributed by atoms with Crippen LogP contribution in [0.25, 0.3) is 6.08 Å². The lowest BCUT2D eigenvalue weighted by Crippen LogP contribution is -2.22. The summed E-state index contributed by atoms with van der Waals surface area (Å²) in [5.74, 6) is -0.0181. The summed E-state index contributed by atoms with van der Waals surface area (Å²) >= 11 is 0. The number of hydrogen-bond acceptors (Lipinski definition) is 4. The molecule has 2 rings (SSSR count). The Labute approximate surface area is 140 Å². The van der Waals surface area contributed by atoms with Crippen molar-refractivity contribution in [3.63, 3.8) is 0 Å². The van der Waals surface area contributed by atoms with Crippen LogP contribution in [0.4, 0.5) is 5.69 Å². The minimum absolute atomic E-state index is 0.155. The molecule has 2 amide bonds. The maximum atomic E-state index is 12.1. The Balaban J connectivity index is 2.18. The fourth-order valence-electron chi connectivity index (χ4n) is 2.01. The molecule has 1 aromatic heterocycles. The Hall–Kier alpha value is -3.15. The number of nitrogens with one attached hydrogen (secondary N) is 1. The maximum absolute atomic E-state index is 12.1. The maximum Gasteiger partial charge on any atom is 0.253 e. The van der Waals surface area contributed by atoms with E-state index >= 15 is 0 Å². The van der Waals surface area contributed by atoms with Gasteiger partial charge in [0, 0.05) is 31.9 Å². The van der Waals surface area contributed by atoms with Gasteiger partial charge in [-0.1, -0.05) is 6.07 Å². The van der Waals surface area contributed by atoms with Gasteiger partial charge in [0.25, 0.3) is 5.91 Å². The molecule has 1 N–H and O–H groups in total. The average molecular weight is 325 g/mol. The fourth-order valence-corrected chi connectivity index (χ4v) is 2.01. The molecule has 0 aliphatic rings. The Bertz CT molecular complexity index is 755. The van der Waals surface area contributed by atoms with Crippen LogP contribution in [-0.4, -0.2) is 42.9 Å². The minimum Gasteiger partial charge on any atom is -0.495 e. The lowest BCUT2D eigenvalue weighted by molar-refractivity contribution is -0.111. The van der Waals surface area contributed by atoms with E-state index in [-0.39, 0.29) is 11.8 Å². The first-order valence-corrected chi connectivity index (χ1v) is 7.31. The van der Waals surface area contributed by atoms with Crippen LogP contribution in [-0.2, 0) is 4.79 Å². The van der Waals surface area contributed by atoms with Gasteiger partial charge in [-0.3, -0.25) is 14.6 Å². The average Bonchev–Trinajstić information content (AvgIpc) is 2.60. The first-order valence-electron chi connectivity index (χ1n) is 7.31. The third-order valence-electron chi connectivity index (χ3n) is 3.20. The summed E-state index contributed by atoms with van der Waals surface area (Å²) in [6, 6.07) is 10.3. The third-order valence-corrected chi connectivity index (χ3v) is 3.20. The Morgan fingerprint density at radius 1 is 1.21 bits per heavy atom. The van der Waals surface area contributed by atoms with Gasteiger partial charge in [-0.05, 0) is 36.4 Å². The molecule has 0 atom stereocenters. The van der Waals surface area contributed by atoms with Crippen molar-refractivity contribution in [2.24, 2.45) is 0 Å². The SMILES string of the molecule is COc1ccc(C(=O)N(C)C)cc1NC(=O)/C=C\c1ccccn1. The molecular weight excluding hydrogens is 306 g/mol. The first-order chi connectivity index (χ1) is 11.5. The highest BCUT2D eigenvalue weighted by atomic mass is 16.5. The minimum atomic E-state index is -0.339. The van der Waals surface area contributed by atoms with Gasteiger partial charge in [0.15, 0.2) is 0 Å². The molecule has 0 saturated carbocycles. The number of anilines is 1. The van der Waals surface area contributed by atoms with E-state index in [4.69, 9.17) is 4.74 Å². The van der Waals surface area contributed by atoms with Gasteiger partial charge in [-0.15, -0.1) is 0 Å². The summed E-state index contributed by atoms with van der Waals surface area (Å²) in [6.07, 6.45) is 4.63. The molecule has 0 aliphatic carbocycles. The summed E-state index contributed by atoms with van der Waals surface area (Å²) in [7, 11) is 4.84. The van der Waals surface area contributed by atoms with E-state index in [1.165, 1.54) is 18.1 Å². The Kier molecular flexibility index (Phi) is 5.68. The molecule has 24 heavy (non-hydrogen) atoms. The number of nitrogens with zero attached hydrogens (tertiary/aromatic N) is 2. The highest BCUT2D eigenvalue weighted by Gasteiger charge is 2.12. The van der Waals surface area contributed by atoms with Gasteiger partial charge in [0.05, 0.1) is 18.5 Å². The summed E-state index contributed by atoms with van der Waals surface area (Å²) in [6.45, 7) is 0. The standard InChI is InChI=1S/C18H19N3O3/c1-21(2)18(23)13-7-9-16(24-3)15(12-13)20-17(22)10-8-14-6-4-5-11-19-14/h4-12H,1-3H3,(H,20,22)/b10-8-. The number of methoxy groups -OCH3 is 1. The number of amides is 2. The predicted molar refractivity (Wildman–Crippen MR) is 92.9 cm³/mol. The van der Waals surface area contributed by atoms with E-state index in [0.717, 1.165) is 0 Å². The van der Waals surface area contributed by atoms with E-state index in [1.807, 2.05) is 6.07 Å². The van der Waals surface area contributed by atoms with Crippen LogP contribution in [0.2, 0.25) is 0 Å². The molecule has 0 saturated heterocycles. The zero-order chi connectivity index (χ0) is 17.5. The van der Waals surface area contributed by atoms with Gasteiger partial charge in [0.2, 0.25) is 5.91 Å². The van der Waals surface area contributed by atoms with Crippen LogP contribution in [0.15, 0.2) is 48.7 Å². The van der Waals surface area contributed by atoms with Gasteiger partial charge >= 0.3 is 0 Å². The van der Waals surface area contributed by atoms with Crippen molar-refractivity contribution in [1.82, 2.24) is 9.88 Å². The highest BCUT2D eigenvalue weighted by Crippen LogP contribution is 2.26. The third kappa shape index (κ3) is 4.42. The Morgan fingerprint density at radius 3 is 2.62 bits per heavy atom. The van der Waals surface area contributed by atoms with Gasteiger partial charge < -0.3 is 15.0 Å². The first kappa shape index (κ1) is 17.2. The van der Waals surface area contributed by atoms with Crippen LogP contribution < -0.4 is 10.1 Å². The molecule has 0 bridgehead atoms. The molecule has 0 aliphatic heterocycles. The largest absolute Gasteiger partial charge is 0.495 e. The van der Waals surface area contributed by atoms with Crippen molar-refractivity contribution in [1.29, 1.82) is 0 Å². The van der Waals surface area contributed by atoms with Crippen molar-refractivity contribution < 1.29 is 14.3 Å². The van der Waals surface area contributed by atoms with Gasteiger partial charge in [-0.25, -0.2) is 0 Å². The molecule has 1 heterocycles. The second kappa shape index (κ2) is 7.92. The van der Waals surface area contributed by atoms with Crippen LogP contribution >= 0.6 is 0 Å². The Morgan fingerprint density at radius 2 is 2.00 bits per heavy atom. The quantitative estimate of drug-likeness (QED) is 0.857. The predicted octanol–water partition coefficient (Wildman–Crippen LogP) is 2.44. The number of rotatable bonds is 5. The number of benzene rings is 1. The summed E-state index contributed by atoms with van der Waals surface area (Å²) in [5.41, 5.74) is 1.57. The highest BCUT2D eigenvalue weighted by molar-refractivity contribution is 6.04. The van der Waals surface area contributed by atoms with E-state index < -0.39 is 0 Å². The van der Waals surface area contributed by atoms with Crippen LogP contribution in [0.1, 0.15) is 16.1 Å². The van der Waals surface area contributed by atoms with E-state index in [9.17, 15) is 9.59 Å². The molecule has 2 aromatic rings.